The quantitative estimate of drug-likeness (QED) is 0.0276. The summed E-state index contributed by atoms with van der Waals surface area (Å²) in [7, 11) is 0. The van der Waals surface area contributed by atoms with Gasteiger partial charge in [0.15, 0.2) is 0 Å². The fourth-order valence-corrected chi connectivity index (χ4v) is 7.76. The van der Waals surface area contributed by atoms with Gasteiger partial charge in [-0.3, -0.25) is 20.0 Å². The normalized spacial score (nSPS) is 11.5. The van der Waals surface area contributed by atoms with Crippen LogP contribution >= 0.6 is 0 Å². The van der Waals surface area contributed by atoms with Gasteiger partial charge in [0.1, 0.15) is 35.7 Å². The van der Waals surface area contributed by atoms with Gasteiger partial charge in [-0.05, 0) is 82.3 Å². The first-order chi connectivity index (χ1) is 42.1. The summed E-state index contributed by atoms with van der Waals surface area (Å²) in [5, 5.41) is 136. The summed E-state index contributed by atoms with van der Waals surface area (Å²) in [5.74, 6) is -2.03. The van der Waals surface area contributed by atoms with Crippen molar-refractivity contribution in [2.75, 3.05) is 13.2 Å². The van der Waals surface area contributed by atoms with Crippen molar-refractivity contribution in [2.45, 2.75) is 38.0 Å². The number of aliphatic imine (C=N–C) groups is 4. The number of hydrogen-bond acceptors (Lipinski definition) is 24. The fraction of sp³-hybridized carbons (Fsp3) is 0.133. The van der Waals surface area contributed by atoms with E-state index in [0.717, 1.165) is 22.3 Å². The smallest absolute Gasteiger partial charge is 0.872 e. The average molecular weight is 1640 g/mol. The van der Waals surface area contributed by atoms with Crippen LogP contribution in [0.1, 0.15) is 82.5 Å². The van der Waals surface area contributed by atoms with Crippen molar-refractivity contribution in [1.82, 2.24) is 0 Å². The Hall–Kier alpha value is -8.67. The zero-order valence-electron chi connectivity index (χ0n) is 47.6. The first-order valence-electron chi connectivity index (χ1n) is 25.5. The Morgan fingerprint density at radius 1 is 0.380 bits per heavy atom. The monoisotopic (exact) mass is 1640 g/mol. The van der Waals surface area contributed by atoms with Crippen LogP contribution in [0.2, 0.25) is 0 Å². The molecule has 0 aliphatic rings. The number of hydrogen-bond donors (Lipinski definition) is 0. The molecule has 0 fully saturated rings. The zero-order chi connectivity index (χ0) is 65.0. The third-order valence-electron chi connectivity index (χ3n) is 11.3. The minimum absolute atomic E-state index is 0. The summed E-state index contributed by atoms with van der Waals surface area (Å²) < 4.78 is 10.9. The first kappa shape index (κ1) is 85.4. The molecule has 4 atom stereocenters. The molecule has 0 aliphatic heterocycles. The van der Waals surface area contributed by atoms with Crippen LogP contribution in [0.5, 0.6) is 34.5 Å². The molecule has 0 unspecified atom stereocenters. The van der Waals surface area contributed by atoms with Crippen molar-refractivity contribution in [3.05, 3.63) is 312 Å². The SMILES string of the molecule is CCOc1cccc(C=N[C@@H](c2ccccc2)[C@@H](N=C([O-])c2ccccc2[O-])c2ccccc2)c1[O-].CCOc1cccc(C=N[C@H](c2ccccc2)[C@H](N=C([O-])c2ccccc2[O-])c2ccccc2)c1[O-].O=[N+]([O-])[O-].O=[N+]([O-])[O-].O=[N+]([O-])[O-].O=[N+]([O-])[O-].[Cu+2].[Cu+2].[Gd+3].[Gd+3]. The van der Waals surface area contributed by atoms with Crippen molar-refractivity contribution >= 4 is 24.2 Å². The van der Waals surface area contributed by atoms with Gasteiger partial charge in [-0.1, -0.05) is 206 Å². The molecular weight excluding hydrogens is 1590 g/mol. The average Bonchev–Trinajstić information content (AvgIpc) is 0.934. The molecule has 32 heteroatoms. The van der Waals surface area contributed by atoms with Gasteiger partial charge < -0.3 is 101 Å². The van der Waals surface area contributed by atoms with Gasteiger partial charge >= 0.3 is 114 Å². The van der Waals surface area contributed by atoms with Crippen molar-refractivity contribution in [3.8, 4) is 34.5 Å². The second-order valence-electron chi connectivity index (χ2n) is 16.9. The molecule has 0 heterocycles. The molecule has 0 N–H and O–H groups in total. The molecule has 0 amide bonds. The third-order valence-corrected chi connectivity index (χ3v) is 11.3. The summed E-state index contributed by atoms with van der Waals surface area (Å²) >= 11 is 0. The number of benzene rings is 8. The molecule has 28 nitrogen and oxygen atoms in total. The summed E-state index contributed by atoms with van der Waals surface area (Å²) in [6.07, 6.45) is 3.00. The summed E-state index contributed by atoms with van der Waals surface area (Å²) in [6, 6.07) is 56.9. The van der Waals surface area contributed by atoms with E-state index in [-0.39, 0.29) is 160 Å². The molecule has 0 saturated heterocycles. The fourth-order valence-electron chi connectivity index (χ4n) is 7.76. The Kier molecular flexibility index (Phi) is 43.9. The van der Waals surface area contributed by atoms with Crippen molar-refractivity contribution in [3.63, 3.8) is 0 Å². The van der Waals surface area contributed by atoms with E-state index in [1.54, 1.807) is 60.7 Å². The maximum Gasteiger partial charge on any atom is 3.00 e. The summed E-state index contributed by atoms with van der Waals surface area (Å²) in [4.78, 5) is 51.5. The maximum atomic E-state index is 13.1. The van der Waals surface area contributed by atoms with Crippen LogP contribution in [0, 0.1) is 141 Å². The van der Waals surface area contributed by atoms with Crippen LogP contribution in [0.25, 0.3) is 0 Å². The summed E-state index contributed by atoms with van der Waals surface area (Å²) in [5.41, 5.74) is 3.86. The van der Waals surface area contributed by atoms with E-state index < -0.39 is 56.3 Å². The van der Waals surface area contributed by atoms with Crippen LogP contribution in [-0.2, 0) is 34.1 Å². The van der Waals surface area contributed by atoms with Crippen LogP contribution in [0.4, 0.5) is 0 Å². The molecule has 8 rings (SSSR count). The van der Waals surface area contributed by atoms with Crippen molar-refractivity contribution < 1.29 is 174 Å². The van der Waals surface area contributed by atoms with E-state index in [0.29, 0.717) is 24.3 Å². The van der Waals surface area contributed by atoms with Gasteiger partial charge in [0.05, 0.1) is 33.6 Å². The van der Waals surface area contributed by atoms with Crippen LogP contribution in [-0.4, -0.2) is 57.8 Å². The first-order valence-corrected chi connectivity index (χ1v) is 25.5. The topological polar surface area (TPSA) is 471 Å². The van der Waals surface area contributed by atoms with Crippen molar-refractivity contribution in [2.24, 2.45) is 20.0 Å². The van der Waals surface area contributed by atoms with Gasteiger partial charge in [-0.2, -0.15) is 0 Å². The molecule has 488 valence electrons. The molecule has 4 radical (unpaired) electrons. The second-order valence-corrected chi connectivity index (χ2v) is 16.9. The van der Waals surface area contributed by atoms with Gasteiger partial charge in [0.25, 0.3) is 0 Å². The van der Waals surface area contributed by atoms with Gasteiger partial charge in [-0.25, -0.2) is 0 Å². The molecule has 0 saturated carbocycles. The Morgan fingerprint density at radius 3 is 0.870 bits per heavy atom. The molecule has 8 aromatic carbocycles. The van der Waals surface area contributed by atoms with E-state index in [9.17, 15) is 30.6 Å². The number of rotatable bonds is 18. The number of para-hydroxylation sites is 4. The van der Waals surface area contributed by atoms with E-state index in [1.807, 2.05) is 135 Å². The number of nitrogens with zero attached hydrogens (tertiary/aromatic N) is 8. The standard InChI is InChI=1S/2C30H28N2O4.2Cu.2Gd.4NO3/c2*1-2-36-26-19-11-16-23(29(26)34)20-31-27(21-12-5-3-6-13-21)28(22-14-7-4-8-15-22)32-30(35)24-17-9-10-18-25(24)33;;;;;4*2-1(3)4/h2*3-20,27-28,33-34H,2H2,1H3,(H,32,35);;;;;;;;/q;;2*+2;2*+3;4*-1/p-6/t2*27-,28-;;;;;;;;/m10......../s1. The molecule has 92 heavy (non-hydrogen) atoms. The van der Waals surface area contributed by atoms with E-state index in [4.69, 9.17) is 80.7 Å². The predicted molar refractivity (Wildman–Crippen MR) is 312 cm³/mol. The van der Waals surface area contributed by atoms with E-state index in [1.165, 1.54) is 36.7 Å². The van der Waals surface area contributed by atoms with Gasteiger partial charge in [0, 0.05) is 12.4 Å². The van der Waals surface area contributed by atoms with Gasteiger partial charge in [-0.15, -0.1) is 11.5 Å². The third kappa shape index (κ3) is 31.4. The summed E-state index contributed by atoms with van der Waals surface area (Å²) in [6.45, 7) is 4.38. The number of ether oxygens (including phenoxy) is 2. The largest absolute Gasteiger partial charge is 3.00 e. The minimum Gasteiger partial charge on any atom is -0.872 e. The molecule has 0 bridgehead atoms. The van der Waals surface area contributed by atoms with Crippen LogP contribution < -0.4 is 40.1 Å². The maximum absolute atomic E-state index is 13.1. The Morgan fingerprint density at radius 2 is 0.620 bits per heavy atom. The second kappa shape index (κ2) is 47.3. The van der Waals surface area contributed by atoms with Crippen LogP contribution in [0.3, 0.4) is 0 Å². The molecule has 0 spiro atoms. The molecule has 0 aromatic heterocycles. The van der Waals surface area contributed by atoms with Crippen molar-refractivity contribution in [1.29, 1.82) is 0 Å². The molecule has 0 aliphatic carbocycles. The Bertz CT molecular complexity index is 3320. The van der Waals surface area contributed by atoms with E-state index >= 15 is 0 Å². The molecular formula is C60H50Cu2Gd2N8O20. The Balaban J connectivity index is 0. The van der Waals surface area contributed by atoms with Crippen LogP contribution in [0.15, 0.2) is 226 Å². The van der Waals surface area contributed by atoms with E-state index in [2.05, 4.69) is 9.98 Å². The zero-order valence-corrected chi connectivity index (χ0v) is 54.0. The Labute approximate surface area is 610 Å². The molecule has 8 aromatic rings. The van der Waals surface area contributed by atoms with Gasteiger partial charge in [0.2, 0.25) is 0 Å². The minimum atomic E-state index is -1.75. The predicted octanol–water partition coefficient (Wildman–Crippen LogP) is 6.92.